The molecule has 130 valence electrons. The topological polar surface area (TPSA) is 76.2 Å². The molecule has 0 saturated carbocycles. The summed E-state index contributed by atoms with van der Waals surface area (Å²) in [6.07, 6.45) is -0.489. The summed E-state index contributed by atoms with van der Waals surface area (Å²) >= 11 is 0. The Morgan fingerprint density at radius 2 is 1.71 bits per heavy atom. The Kier molecular flexibility index (Phi) is 5.11. The third-order valence-electron chi connectivity index (χ3n) is 3.47. The molecule has 1 aliphatic rings. The standard InChI is InChI=1S/C17H22N2O5/c1-17(2,3)24-16(22)18-9-10-19(14(20)11-18)13-7-5-12(6-8-13)15(21)23-4/h5-8H,9-11H2,1-4H3. The minimum Gasteiger partial charge on any atom is -0.465 e. The van der Waals surface area contributed by atoms with E-state index in [0.717, 1.165) is 0 Å². The van der Waals surface area contributed by atoms with E-state index in [4.69, 9.17) is 4.74 Å². The monoisotopic (exact) mass is 334 g/mol. The van der Waals surface area contributed by atoms with Gasteiger partial charge in [-0.2, -0.15) is 0 Å². The number of piperazine rings is 1. The van der Waals surface area contributed by atoms with Gasteiger partial charge in [0.2, 0.25) is 5.91 Å². The van der Waals surface area contributed by atoms with Crippen molar-refractivity contribution in [2.75, 3.05) is 31.6 Å². The summed E-state index contributed by atoms with van der Waals surface area (Å²) in [6, 6.07) is 6.59. The van der Waals surface area contributed by atoms with Gasteiger partial charge in [0.05, 0.1) is 12.7 Å². The second kappa shape index (κ2) is 6.90. The largest absolute Gasteiger partial charge is 0.465 e. The maximum Gasteiger partial charge on any atom is 0.410 e. The molecular formula is C17H22N2O5. The Morgan fingerprint density at radius 1 is 1.08 bits per heavy atom. The van der Waals surface area contributed by atoms with Crippen LogP contribution in [0.4, 0.5) is 10.5 Å². The molecule has 0 radical (unpaired) electrons. The summed E-state index contributed by atoms with van der Waals surface area (Å²) in [5, 5.41) is 0. The lowest BCUT2D eigenvalue weighted by Gasteiger charge is -2.35. The van der Waals surface area contributed by atoms with Gasteiger partial charge in [-0.15, -0.1) is 0 Å². The van der Waals surface area contributed by atoms with Crippen LogP contribution in [0.15, 0.2) is 24.3 Å². The van der Waals surface area contributed by atoms with Crippen LogP contribution < -0.4 is 4.90 Å². The molecule has 7 heteroatoms. The molecule has 0 atom stereocenters. The molecule has 1 aromatic rings. The number of esters is 1. The molecule has 0 aromatic heterocycles. The van der Waals surface area contributed by atoms with Crippen LogP contribution in [0.2, 0.25) is 0 Å². The van der Waals surface area contributed by atoms with E-state index in [1.54, 1.807) is 49.9 Å². The molecule has 1 saturated heterocycles. The number of amides is 2. The van der Waals surface area contributed by atoms with Crippen LogP contribution in [0.1, 0.15) is 31.1 Å². The van der Waals surface area contributed by atoms with Crippen molar-refractivity contribution in [3.63, 3.8) is 0 Å². The maximum atomic E-state index is 12.3. The molecular weight excluding hydrogens is 312 g/mol. The number of hydrogen-bond acceptors (Lipinski definition) is 5. The average Bonchev–Trinajstić information content (AvgIpc) is 2.52. The highest BCUT2D eigenvalue weighted by molar-refractivity contribution is 5.98. The third-order valence-corrected chi connectivity index (χ3v) is 3.47. The van der Waals surface area contributed by atoms with Crippen LogP contribution in [-0.4, -0.2) is 55.2 Å². The van der Waals surface area contributed by atoms with E-state index in [9.17, 15) is 14.4 Å². The summed E-state index contributed by atoms with van der Waals surface area (Å²) in [4.78, 5) is 38.8. The Bertz CT molecular complexity index is 633. The van der Waals surface area contributed by atoms with Crippen molar-refractivity contribution in [2.45, 2.75) is 26.4 Å². The number of carbonyl (C=O) groups is 3. The summed E-state index contributed by atoms with van der Waals surface area (Å²) in [5.41, 5.74) is 0.499. The van der Waals surface area contributed by atoms with Crippen molar-refractivity contribution in [3.05, 3.63) is 29.8 Å². The molecule has 1 aliphatic heterocycles. The second-order valence-electron chi connectivity index (χ2n) is 6.49. The molecule has 24 heavy (non-hydrogen) atoms. The van der Waals surface area contributed by atoms with E-state index >= 15 is 0 Å². The summed E-state index contributed by atoms with van der Waals surface area (Å²) in [5.74, 6) is -0.624. The molecule has 0 unspecified atom stereocenters. The SMILES string of the molecule is COC(=O)c1ccc(N2CCN(C(=O)OC(C)(C)C)CC2=O)cc1. The first kappa shape index (κ1) is 17.8. The Morgan fingerprint density at radius 3 is 2.21 bits per heavy atom. The Hall–Kier alpha value is -2.57. The highest BCUT2D eigenvalue weighted by Crippen LogP contribution is 2.20. The lowest BCUT2D eigenvalue weighted by molar-refractivity contribution is -0.121. The average molecular weight is 334 g/mol. The van der Waals surface area contributed by atoms with E-state index in [-0.39, 0.29) is 12.5 Å². The van der Waals surface area contributed by atoms with Gasteiger partial charge in [0.15, 0.2) is 0 Å². The first-order valence-electron chi connectivity index (χ1n) is 7.68. The Balaban J connectivity index is 2.02. The second-order valence-corrected chi connectivity index (χ2v) is 6.49. The lowest BCUT2D eigenvalue weighted by atomic mass is 10.1. The molecule has 1 aromatic carbocycles. The Labute approximate surface area is 141 Å². The molecule has 0 N–H and O–H groups in total. The van der Waals surface area contributed by atoms with Crippen LogP contribution in [0.5, 0.6) is 0 Å². The highest BCUT2D eigenvalue weighted by atomic mass is 16.6. The van der Waals surface area contributed by atoms with Crippen LogP contribution in [-0.2, 0) is 14.3 Å². The quantitative estimate of drug-likeness (QED) is 0.774. The van der Waals surface area contributed by atoms with Gasteiger partial charge in [0.25, 0.3) is 0 Å². The van der Waals surface area contributed by atoms with E-state index in [1.807, 2.05) is 0 Å². The lowest BCUT2D eigenvalue weighted by Crippen LogP contribution is -2.53. The van der Waals surface area contributed by atoms with Crippen molar-refractivity contribution in [3.8, 4) is 0 Å². The number of carbonyl (C=O) groups excluding carboxylic acids is 3. The van der Waals surface area contributed by atoms with Gasteiger partial charge in [0.1, 0.15) is 12.1 Å². The fourth-order valence-electron chi connectivity index (χ4n) is 2.32. The predicted molar refractivity (Wildman–Crippen MR) is 87.9 cm³/mol. The maximum absolute atomic E-state index is 12.3. The first-order chi connectivity index (χ1) is 11.2. The predicted octanol–water partition coefficient (Wildman–Crippen LogP) is 2.06. The van der Waals surface area contributed by atoms with Gasteiger partial charge >= 0.3 is 12.1 Å². The van der Waals surface area contributed by atoms with Gasteiger partial charge in [0, 0.05) is 18.8 Å². The van der Waals surface area contributed by atoms with E-state index in [2.05, 4.69) is 4.74 Å². The van der Waals surface area contributed by atoms with Crippen LogP contribution in [0, 0.1) is 0 Å². The molecule has 7 nitrogen and oxygen atoms in total. The minimum absolute atomic E-state index is 0.0341. The van der Waals surface area contributed by atoms with Gasteiger partial charge < -0.3 is 14.4 Å². The van der Waals surface area contributed by atoms with Crippen LogP contribution >= 0.6 is 0 Å². The first-order valence-corrected chi connectivity index (χ1v) is 7.68. The number of benzene rings is 1. The van der Waals surface area contributed by atoms with E-state index in [0.29, 0.717) is 24.3 Å². The molecule has 2 rings (SSSR count). The summed E-state index contributed by atoms with van der Waals surface area (Å²) < 4.78 is 9.93. The zero-order valence-corrected chi connectivity index (χ0v) is 14.4. The zero-order chi connectivity index (χ0) is 17.9. The van der Waals surface area contributed by atoms with Crippen molar-refractivity contribution >= 4 is 23.7 Å². The number of nitrogens with zero attached hydrogens (tertiary/aromatic N) is 2. The summed E-state index contributed by atoms with van der Waals surface area (Å²) in [6.45, 7) is 6.08. The fourth-order valence-corrected chi connectivity index (χ4v) is 2.32. The van der Waals surface area contributed by atoms with Gasteiger partial charge in [-0.3, -0.25) is 9.69 Å². The molecule has 1 heterocycles. The van der Waals surface area contributed by atoms with E-state index in [1.165, 1.54) is 12.0 Å². The highest BCUT2D eigenvalue weighted by Gasteiger charge is 2.30. The third kappa shape index (κ3) is 4.24. The summed E-state index contributed by atoms with van der Waals surface area (Å²) in [7, 11) is 1.32. The number of anilines is 1. The van der Waals surface area contributed by atoms with Gasteiger partial charge in [-0.1, -0.05) is 0 Å². The fraction of sp³-hybridized carbons (Fsp3) is 0.471. The van der Waals surface area contributed by atoms with Crippen LogP contribution in [0.25, 0.3) is 0 Å². The van der Waals surface area contributed by atoms with E-state index < -0.39 is 17.7 Å². The molecule has 0 spiro atoms. The van der Waals surface area contributed by atoms with Crippen LogP contribution in [0.3, 0.4) is 0 Å². The number of methoxy groups -OCH3 is 1. The number of hydrogen-bond donors (Lipinski definition) is 0. The van der Waals surface area contributed by atoms with Crippen molar-refractivity contribution < 1.29 is 23.9 Å². The molecule has 0 aliphatic carbocycles. The van der Waals surface area contributed by atoms with Crippen molar-refractivity contribution in [1.29, 1.82) is 0 Å². The molecule has 0 bridgehead atoms. The number of rotatable bonds is 2. The molecule has 1 fully saturated rings. The van der Waals surface area contributed by atoms with Crippen molar-refractivity contribution in [2.24, 2.45) is 0 Å². The number of ether oxygens (including phenoxy) is 2. The molecule has 2 amide bonds. The van der Waals surface area contributed by atoms with Gasteiger partial charge in [-0.05, 0) is 45.0 Å². The normalized spacial score (nSPS) is 15.2. The smallest absolute Gasteiger partial charge is 0.410 e. The van der Waals surface area contributed by atoms with Crippen molar-refractivity contribution in [1.82, 2.24) is 4.90 Å². The minimum atomic E-state index is -0.596. The van der Waals surface area contributed by atoms with Gasteiger partial charge in [-0.25, -0.2) is 9.59 Å². The zero-order valence-electron chi connectivity index (χ0n) is 14.4.